The third-order valence-corrected chi connectivity index (χ3v) is 5.97. The Hall–Kier alpha value is -2.60. The molecule has 3 aromatic rings. The molecule has 142 valence electrons. The molecule has 0 aliphatic rings. The first kappa shape index (κ1) is 19.2. The SMILES string of the molecule is CCOC(=O)c1c(NC(=O)c2c(C)c3ccccc3n2CC)sc(C)c1C. The molecule has 0 saturated heterocycles. The Kier molecular flexibility index (Phi) is 5.37. The Morgan fingerprint density at radius 2 is 1.81 bits per heavy atom. The van der Waals surface area contributed by atoms with E-state index in [1.54, 1.807) is 6.92 Å². The van der Waals surface area contributed by atoms with Crippen molar-refractivity contribution in [2.45, 2.75) is 41.2 Å². The van der Waals surface area contributed by atoms with Crippen LogP contribution in [0.5, 0.6) is 0 Å². The third-order valence-electron chi connectivity index (χ3n) is 4.85. The molecule has 0 saturated carbocycles. The lowest BCUT2D eigenvalue weighted by atomic mass is 10.1. The van der Waals surface area contributed by atoms with E-state index >= 15 is 0 Å². The molecule has 0 fully saturated rings. The Labute approximate surface area is 163 Å². The molecule has 0 radical (unpaired) electrons. The lowest BCUT2D eigenvalue weighted by Gasteiger charge is -2.10. The highest BCUT2D eigenvalue weighted by Gasteiger charge is 2.25. The van der Waals surface area contributed by atoms with Crippen molar-refractivity contribution in [2.24, 2.45) is 0 Å². The van der Waals surface area contributed by atoms with Gasteiger partial charge in [0.15, 0.2) is 0 Å². The number of aryl methyl sites for hydroxylation is 3. The number of anilines is 1. The van der Waals surface area contributed by atoms with Crippen LogP contribution in [-0.4, -0.2) is 23.1 Å². The van der Waals surface area contributed by atoms with E-state index in [1.807, 2.05) is 56.5 Å². The number of hydrogen-bond donors (Lipinski definition) is 1. The smallest absolute Gasteiger partial charge is 0.341 e. The number of thiophene rings is 1. The Balaban J connectivity index is 2.05. The van der Waals surface area contributed by atoms with Crippen molar-refractivity contribution in [1.29, 1.82) is 0 Å². The Morgan fingerprint density at radius 3 is 2.48 bits per heavy atom. The van der Waals surface area contributed by atoms with Gasteiger partial charge in [0.25, 0.3) is 5.91 Å². The lowest BCUT2D eigenvalue weighted by molar-refractivity contribution is 0.0527. The van der Waals surface area contributed by atoms with E-state index in [2.05, 4.69) is 5.32 Å². The van der Waals surface area contributed by atoms with Gasteiger partial charge in [-0.25, -0.2) is 4.79 Å². The molecular formula is C21H24N2O3S. The zero-order valence-corrected chi connectivity index (χ0v) is 17.1. The molecule has 0 unspecified atom stereocenters. The topological polar surface area (TPSA) is 60.3 Å². The number of carbonyl (C=O) groups excluding carboxylic acids is 2. The van der Waals surface area contributed by atoms with E-state index in [0.717, 1.165) is 26.9 Å². The first-order valence-corrected chi connectivity index (χ1v) is 9.88. The molecule has 0 aliphatic carbocycles. The van der Waals surface area contributed by atoms with Crippen LogP contribution in [0.2, 0.25) is 0 Å². The van der Waals surface area contributed by atoms with Crippen LogP contribution in [0.4, 0.5) is 5.00 Å². The average molecular weight is 385 g/mol. The number of amides is 1. The normalized spacial score (nSPS) is 11.0. The van der Waals surface area contributed by atoms with Gasteiger partial charge in [0.05, 0.1) is 12.2 Å². The third kappa shape index (κ3) is 3.25. The summed E-state index contributed by atoms with van der Waals surface area (Å²) in [4.78, 5) is 26.5. The zero-order valence-electron chi connectivity index (χ0n) is 16.3. The Morgan fingerprint density at radius 1 is 1.11 bits per heavy atom. The fourth-order valence-electron chi connectivity index (χ4n) is 3.42. The highest BCUT2D eigenvalue weighted by Crippen LogP contribution is 2.34. The van der Waals surface area contributed by atoms with Gasteiger partial charge in [0.2, 0.25) is 0 Å². The molecular weight excluding hydrogens is 360 g/mol. The van der Waals surface area contributed by atoms with Crippen molar-refractivity contribution in [3.63, 3.8) is 0 Å². The molecule has 0 atom stereocenters. The van der Waals surface area contributed by atoms with E-state index in [9.17, 15) is 9.59 Å². The molecule has 27 heavy (non-hydrogen) atoms. The minimum Gasteiger partial charge on any atom is -0.462 e. The summed E-state index contributed by atoms with van der Waals surface area (Å²) in [6.45, 7) is 10.5. The number of aromatic nitrogens is 1. The van der Waals surface area contributed by atoms with E-state index in [4.69, 9.17) is 4.74 Å². The van der Waals surface area contributed by atoms with Crippen molar-refractivity contribution in [3.8, 4) is 0 Å². The summed E-state index contributed by atoms with van der Waals surface area (Å²) in [5, 5.41) is 4.57. The highest BCUT2D eigenvalue weighted by molar-refractivity contribution is 7.16. The molecule has 1 aromatic carbocycles. The highest BCUT2D eigenvalue weighted by atomic mass is 32.1. The standard InChI is InChI=1S/C21H24N2O3S/c1-6-23-16-11-9-8-10-15(16)13(4)18(23)19(24)22-20-17(21(25)26-7-2)12(3)14(5)27-20/h8-11H,6-7H2,1-5H3,(H,22,24). The van der Waals surface area contributed by atoms with E-state index < -0.39 is 5.97 Å². The van der Waals surface area contributed by atoms with Crippen LogP contribution in [0.25, 0.3) is 10.9 Å². The van der Waals surface area contributed by atoms with E-state index in [1.165, 1.54) is 11.3 Å². The number of esters is 1. The minimum absolute atomic E-state index is 0.211. The second-order valence-electron chi connectivity index (χ2n) is 6.40. The predicted molar refractivity (Wildman–Crippen MR) is 110 cm³/mol. The van der Waals surface area contributed by atoms with Gasteiger partial charge in [0, 0.05) is 22.3 Å². The molecule has 1 N–H and O–H groups in total. The van der Waals surface area contributed by atoms with Crippen LogP contribution >= 0.6 is 11.3 Å². The predicted octanol–water partition coefficient (Wildman–Crippen LogP) is 5.08. The summed E-state index contributed by atoms with van der Waals surface area (Å²) in [6.07, 6.45) is 0. The van der Waals surface area contributed by atoms with Crippen LogP contribution in [0, 0.1) is 20.8 Å². The molecule has 5 nitrogen and oxygen atoms in total. The fraction of sp³-hybridized carbons (Fsp3) is 0.333. The maximum Gasteiger partial charge on any atom is 0.341 e. The summed E-state index contributed by atoms with van der Waals surface area (Å²) < 4.78 is 7.19. The van der Waals surface area contributed by atoms with Gasteiger partial charge in [0.1, 0.15) is 10.7 Å². The molecule has 2 aromatic heterocycles. The van der Waals surface area contributed by atoms with Gasteiger partial charge in [-0.1, -0.05) is 18.2 Å². The largest absolute Gasteiger partial charge is 0.462 e. The van der Waals surface area contributed by atoms with Gasteiger partial charge in [-0.15, -0.1) is 11.3 Å². The van der Waals surface area contributed by atoms with E-state index in [-0.39, 0.29) is 5.91 Å². The number of nitrogens with zero attached hydrogens (tertiary/aromatic N) is 1. The maximum atomic E-state index is 13.2. The number of hydrogen-bond acceptors (Lipinski definition) is 4. The summed E-state index contributed by atoms with van der Waals surface area (Å²) in [5.41, 5.74) is 3.89. The van der Waals surface area contributed by atoms with Gasteiger partial charge in [-0.05, 0) is 51.8 Å². The van der Waals surface area contributed by atoms with Crippen LogP contribution in [0.15, 0.2) is 24.3 Å². The van der Waals surface area contributed by atoms with Crippen molar-refractivity contribution >= 4 is 39.1 Å². The van der Waals surface area contributed by atoms with Crippen molar-refractivity contribution in [2.75, 3.05) is 11.9 Å². The number of ether oxygens (including phenoxy) is 1. The van der Waals surface area contributed by atoms with Crippen molar-refractivity contribution in [1.82, 2.24) is 4.57 Å². The minimum atomic E-state index is -0.401. The summed E-state index contributed by atoms with van der Waals surface area (Å²) in [5.74, 6) is -0.611. The summed E-state index contributed by atoms with van der Waals surface area (Å²) in [6, 6.07) is 7.99. The quantitative estimate of drug-likeness (QED) is 0.624. The fourth-order valence-corrected chi connectivity index (χ4v) is 4.47. The van der Waals surface area contributed by atoms with Gasteiger partial charge in [-0.3, -0.25) is 4.79 Å². The molecule has 3 rings (SSSR count). The second-order valence-corrected chi connectivity index (χ2v) is 7.62. The first-order valence-electron chi connectivity index (χ1n) is 9.06. The van der Waals surface area contributed by atoms with Gasteiger partial charge < -0.3 is 14.6 Å². The number of para-hydroxylation sites is 1. The van der Waals surface area contributed by atoms with Crippen LogP contribution in [0.3, 0.4) is 0 Å². The monoisotopic (exact) mass is 384 g/mol. The number of benzene rings is 1. The van der Waals surface area contributed by atoms with Crippen molar-refractivity contribution in [3.05, 3.63) is 51.5 Å². The molecule has 0 bridgehead atoms. The van der Waals surface area contributed by atoms with Crippen molar-refractivity contribution < 1.29 is 14.3 Å². The molecule has 2 heterocycles. The van der Waals surface area contributed by atoms with Crippen LogP contribution in [-0.2, 0) is 11.3 Å². The van der Waals surface area contributed by atoms with Gasteiger partial charge >= 0.3 is 5.97 Å². The maximum absolute atomic E-state index is 13.2. The van der Waals surface area contributed by atoms with E-state index in [0.29, 0.717) is 29.4 Å². The molecule has 0 spiro atoms. The average Bonchev–Trinajstić information content (AvgIpc) is 3.09. The second kappa shape index (κ2) is 7.56. The number of carbonyl (C=O) groups is 2. The van der Waals surface area contributed by atoms with Gasteiger partial charge in [-0.2, -0.15) is 0 Å². The molecule has 0 aliphatic heterocycles. The van der Waals surface area contributed by atoms with Crippen LogP contribution in [0.1, 0.15) is 50.7 Å². The first-order chi connectivity index (χ1) is 12.9. The number of nitrogens with one attached hydrogen (secondary N) is 1. The molecule has 6 heteroatoms. The number of fused-ring (bicyclic) bond motifs is 1. The Bertz CT molecular complexity index is 1030. The number of rotatable bonds is 5. The lowest BCUT2D eigenvalue weighted by Crippen LogP contribution is -2.19. The molecule has 1 amide bonds. The zero-order chi connectivity index (χ0) is 19.7. The summed E-state index contributed by atoms with van der Waals surface area (Å²) >= 11 is 1.40. The summed E-state index contributed by atoms with van der Waals surface area (Å²) in [7, 11) is 0. The van der Waals surface area contributed by atoms with Crippen LogP contribution < -0.4 is 5.32 Å².